The van der Waals surface area contributed by atoms with Gasteiger partial charge < -0.3 is 5.32 Å². The molecule has 94 valence electrons. The third kappa shape index (κ3) is 2.90. The summed E-state index contributed by atoms with van der Waals surface area (Å²) in [5, 5.41) is 3.64. The van der Waals surface area contributed by atoms with E-state index in [0.717, 1.165) is 0 Å². The summed E-state index contributed by atoms with van der Waals surface area (Å²) < 4.78 is 0. The zero-order chi connectivity index (χ0) is 12.3. The Labute approximate surface area is 106 Å². The monoisotopic (exact) mass is 231 g/mol. The van der Waals surface area contributed by atoms with Crippen molar-refractivity contribution < 1.29 is 0 Å². The van der Waals surface area contributed by atoms with E-state index in [4.69, 9.17) is 0 Å². The Balaban J connectivity index is 2.32. The van der Waals surface area contributed by atoms with Gasteiger partial charge in [-0.15, -0.1) is 0 Å². The van der Waals surface area contributed by atoms with Gasteiger partial charge in [-0.2, -0.15) is 0 Å². The Kier molecular flexibility index (Phi) is 4.22. The van der Waals surface area contributed by atoms with Crippen LogP contribution in [-0.2, 0) is 6.42 Å². The molecule has 0 spiro atoms. The molecule has 1 unspecified atom stereocenters. The van der Waals surface area contributed by atoms with E-state index in [-0.39, 0.29) is 0 Å². The number of benzene rings is 1. The van der Waals surface area contributed by atoms with E-state index in [1.54, 1.807) is 5.56 Å². The first-order valence-electron chi connectivity index (χ1n) is 7.08. The van der Waals surface area contributed by atoms with E-state index >= 15 is 0 Å². The molecule has 1 nitrogen and oxygen atoms in total. The molecule has 1 heteroatoms. The maximum atomic E-state index is 3.64. The van der Waals surface area contributed by atoms with Crippen LogP contribution in [-0.4, -0.2) is 6.54 Å². The van der Waals surface area contributed by atoms with Gasteiger partial charge in [0.25, 0.3) is 0 Å². The van der Waals surface area contributed by atoms with Gasteiger partial charge in [0.15, 0.2) is 0 Å². The lowest BCUT2D eigenvalue weighted by atomic mass is 9.90. The summed E-state index contributed by atoms with van der Waals surface area (Å²) in [5.41, 5.74) is 4.59. The highest BCUT2D eigenvalue weighted by molar-refractivity contribution is 5.37. The third-order valence-electron chi connectivity index (χ3n) is 3.75. The van der Waals surface area contributed by atoms with Crippen LogP contribution in [0.1, 0.15) is 68.7 Å². The van der Waals surface area contributed by atoms with E-state index in [0.29, 0.717) is 12.0 Å². The second-order valence-corrected chi connectivity index (χ2v) is 5.52. The van der Waals surface area contributed by atoms with E-state index < -0.39 is 0 Å². The first-order valence-corrected chi connectivity index (χ1v) is 7.08. The first-order chi connectivity index (χ1) is 8.22. The van der Waals surface area contributed by atoms with Gasteiger partial charge >= 0.3 is 0 Å². The Morgan fingerprint density at radius 1 is 1.35 bits per heavy atom. The maximum Gasteiger partial charge on any atom is 0.0323 e. The molecule has 0 aromatic heterocycles. The van der Waals surface area contributed by atoms with Crippen LogP contribution in [0, 0.1) is 0 Å². The average Bonchev–Trinajstić information content (AvgIpc) is 2.82. The van der Waals surface area contributed by atoms with E-state index in [1.165, 1.54) is 43.4 Å². The van der Waals surface area contributed by atoms with Crippen molar-refractivity contribution in [3.05, 3.63) is 34.9 Å². The van der Waals surface area contributed by atoms with Crippen molar-refractivity contribution in [3.63, 3.8) is 0 Å². The van der Waals surface area contributed by atoms with Crippen molar-refractivity contribution in [2.75, 3.05) is 6.54 Å². The molecule has 1 atom stereocenters. The van der Waals surface area contributed by atoms with Gasteiger partial charge in [0, 0.05) is 6.04 Å². The van der Waals surface area contributed by atoms with Crippen LogP contribution in [0.5, 0.6) is 0 Å². The molecule has 1 heterocycles. The van der Waals surface area contributed by atoms with E-state index in [9.17, 15) is 0 Å². The zero-order valence-corrected chi connectivity index (χ0v) is 11.4. The second kappa shape index (κ2) is 5.68. The zero-order valence-electron chi connectivity index (χ0n) is 11.4. The van der Waals surface area contributed by atoms with Gasteiger partial charge in [-0.3, -0.25) is 0 Å². The lowest BCUT2D eigenvalue weighted by Gasteiger charge is -2.19. The maximum absolute atomic E-state index is 3.64. The molecule has 2 rings (SSSR count). The molecule has 1 N–H and O–H groups in total. The summed E-state index contributed by atoms with van der Waals surface area (Å²) in [7, 11) is 0. The van der Waals surface area contributed by atoms with Crippen LogP contribution < -0.4 is 5.32 Å². The van der Waals surface area contributed by atoms with Gasteiger partial charge in [0.1, 0.15) is 0 Å². The minimum absolute atomic E-state index is 0.601. The summed E-state index contributed by atoms with van der Waals surface area (Å²) in [6, 6.07) is 7.72. The van der Waals surface area contributed by atoms with Gasteiger partial charge in [-0.1, -0.05) is 45.4 Å². The summed E-state index contributed by atoms with van der Waals surface area (Å²) >= 11 is 0. The molecule has 0 aliphatic carbocycles. The molecule has 0 amide bonds. The summed E-state index contributed by atoms with van der Waals surface area (Å²) in [6.07, 6.45) is 5.06. The number of aryl methyl sites for hydroxylation is 1. The van der Waals surface area contributed by atoms with Crippen LogP contribution in [0.15, 0.2) is 18.2 Å². The largest absolute Gasteiger partial charge is 0.310 e. The first kappa shape index (κ1) is 12.6. The average molecular weight is 231 g/mol. The van der Waals surface area contributed by atoms with Crippen molar-refractivity contribution in [3.8, 4) is 0 Å². The number of rotatable bonds is 4. The quantitative estimate of drug-likeness (QED) is 0.819. The molecule has 1 saturated heterocycles. The predicted molar refractivity (Wildman–Crippen MR) is 74.5 cm³/mol. The molecule has 1 aliphatic heterocycles. The van der Waals surface area contributed by atoms with Crippen molar-refractivity contribution in [2.45, 2.75) is 58.4 Å². The topological polar surface area (TPSA) is 12.0 Å². The summed E-state index contributed by atoms with van der Waals surface area (Å²) in [5.74, 6) is 0.628. The Bertz CT molecular complexity index is 362. The third-order valence-corrected chi connectivity index (χ3v) is 3.75. The van der Waals surface area contributed by atoms with Crippen LogP contribution in [0.4, 0.5) is 0 Å². The van der Waals surface area contributed by atoms with Gasteiger partial charge in [0.05, 0.1) is 0 Å². The van der Waals surface area contributed by atoms with Crippen molar-refractivity contribution >= 4 is 0 Å². The molecule has 0 radical (unpaired) electrons. The number of hydrogen-bond donors (Lipinski definition) is 1. The van der Waals surface area contributed by atoms with Crippen LogP contribution >= 0.6 is 0 Å². The van der Waals surface area contributed by atoms with Crippen molar-refractivity contribution in [2.24, 2.45) is 0 Å². The lowest BCUT2D eigenvalue weighted by Crippen LogP contribution is -2.15. The Hall–Kier alpha value is -0.820. The van der Waals surface area contributed by atoms with E-state index in [1.807, 2.05) is 0 Å². The van der Waals surface area contributed by atoms with Crippen LogP contribution in [0.25, 0.3) is 0 Å². The summed E-state index contributed by atoms with van der Waals surface area (Å²) in [4.78, 5) is 0. The fourth-order valence-electron chi connectivity index (χ4n) is 2.85. The lowest BCUT2D eigenvalue weighted by molar-refractivity contribution is 0.631. The molecular weight excluding hydrogens is 206 g/mol. The smallest absolute Gasteiger partial charge is 0.0323 e. The van der Waals surface area contributed by atoms with Gasteiger partial charge in [-0.05, 0) is 48.4 Å². The molecule has 1 aromatic carbocycles. The van der Waals surface area contributed by atoms with Crippen LogP contribution in [0.3, 0.4) is 0 Å². The highest BCUT2D eigenvalue weighted by Crippen LogP contribution is 2.31. The molecular formula is C16H25N. The molecule has 17 heavy (non-hydrogen) atoms. The highest BCUT2D eigenvalue weighted by atomic mass is 14.9. The molecule has 0 bridgehead atoms. The number of hydrogen-bond acceptors (Lipinski definition) is 1. The minimum Gasteiger partial charge on any atom is -0.310 e. The Morgan fingerprint density at radius 3 is 2.76 bits per heavy atom. The minimum atomic E-state index is 0.601. The molecule has 1 aromatic rings. The van der Waals surface area contributed by atoms with Crippen LogP contribution in [0.2, 0.25) is 0 Å². The summed E-state index contributed by atoms with van der Waals surface area (Å²) in [6.45, 7) is 8.03. The standard InChI is InChI=1S/C16H25N/c1-4-6-13-8-9-14(12(2)3)15(11-13)16-7-5-10-17-16/h8-9,11-12,16-17H,4-7,10H2,1-3H3. The Morgan fingerprint density at radius 2 is 2.18 bits per heavy atom. The molecule has 1 fully saturated rings. The fourth-order valence-corrected chi connectivity index (χ4v) is 2.85. The van der Waals surface area contributed by atoms with Gasteiger partial charge in [-0.25, -0.2) is 0 Å². The highest BCUT2D eigenvalue weighted by Gasteiger charge is 2.20. The van der Waals surface area contributed by atoms with Crippen molar-refractivity contribution in [1.82, 2.24) is 5.32 Å². The second-order valence-electron chi connectivity index (χ2n) is 5.52. The molecule has 1 aliphatic rings. The van der Waals surface area contributed by atoms with E-state index in [2.05, 4.69) is 44.3 Å². The van der Waals surface area contributed by atoms with Crippen molar-refractivity contribution in [1.29, 1.82) is 0 Å². The van der Waals surface area contributed by atoms with Gasteiger partial charge in [0.2, 0.25) is 0 Å². The predicted octanol–water partition coefficient (Wildman–Crippen LogP) is 4.19. The SMILES string of the molecule is CCCc1ccc(C(C)C)c(C2CCCN2)c1. The number of nitrogens with one attached hydrogen (secondary N) is 1. The molecule has 0 saturated carbocycles. The fraction of sp³-hybridized carbons (Fsp3) is 0.625. The normalized spacial score (nSPS) is 20.1.